The molecule has 0 bridgehead atoms. The van der Waals surface area contributed by atoms with Gasteiger partial charge in [-0.2, -0.15) is 25.7 Å². The Labute approximate surface area is 145 Å². The van der Waals surface area contributed by atoms with Crippen LogP contribution in [0.2, 0.25) is 0 Å². The molecule has 18 heavy (non-hydrogen) atoms. The number of hydrogen-bond acceptors (Lipinski definition) is 0. The van der Waals surface area contributed by atoms with Gasteiger partial charge in [-0.15, -0.1) is 0 Å². The van der Waals surface area contributed by atoms with Crippen molar-refractivity contribution in [3.8, 4) is 0 Å². The van der Waals surface area contributed by atoms with Gasteiger partial charge in [0, 0.05) is 0 Å². The summed E-state index contributed by atoms with van der Waals surface area (Å²) in [7, 11) is 0. The second-order valence-corrected chi connectivity index (χ2v) is 3.41. The summed E-state index contributed by atoms with van der Waals surface area (Å²) >= 11 is 0. The first-order chi connectivity index (χ1) is 7.66. The molecule has 0 aromatic rings. The predicted octanol–water partition coefficient (Wildman–Crippen LogP) is 3.48. The molecular weight excluding hydrogens is 320 g/mol. The van der Waals surface area contributed by atoms with Crippen LogP contribution in [-0.2, 0) is 21.7 Å². The van der Waals surface area contributed by atoms with E-state index in [4.69, 9.17) is 0 Å². The van der Waals surface area contributed by atoms with E-state index in [0.717, 1.165) is 25.7 Å². The zero-order valence-corrected chi connectivity index (χ0v) is 16.5. The molecule has 0 nitrogen and oxygen atoms in total. The summed E-state index contributed by atoms with van der Waals surface area (Å²) in [4.78, 5) is 0. The van der Waals surface area contributed by atoms with Crippen molar-refractivity contribution in [1.82, 2.24) is 0 Å². The molecule has 0 atom stereocenters. The summed E-state index contributed by atoms with van der Waals surface area (Å²) in [6.07, 6.45) is 9.11. The monoisotopic (exact) mass is 355 g/mol. The average Bonchev–Trinajstić information content (AvgIpc) is 2.39. The van der Waals surface area contributed by atoms with Crippen LogP contribution in [0.15, 0.2) is 0 Å². The number of rotatable bonds is 4. The van der Waals surface area contributed by atoms with E-state index in [0.29, 0.717) is 0 Å². The van der Waals surface area contributed by atoms with Crippen molar-refractivity contribution in [2.45, 2.75) is 79.1 Å². The molecule has 0 aliphatic heterocycles. The first-order valence-corrected chi connectivity index (χ1v) is 6.83. The zero-order chi connectivity index (χ0) is 13.7. The van der Waals surface area contributed by atoms with Crippen LogP contribution in [0.3, 0.4) is 0 Å². The quantitative estimate of drug-likeness (QED) is 0.535. The Morgan fingerprint density at radius 3 is 0.556 bits per heavy atom. The molecular formula is C16H36BrTi-. The smallest absolute Gasteiger partial charge is 1.00 e. The van der Waals surface area contributed by atoms with Crippen molar-refractivity contribution >= 4 is 0 Å². The van der Waals surface area contributed by atoms with Crippen LogP contribution in [0.5, 0.6) is 0 Å². The molecule has 0 heterocycles. The van der Waals surface area contributed by atoms with Gasteiger partial charge in [0.2, 0.25) is 0 Å². The van der Waals surface area contributed by atoms with Crippen LogP contribution in [-0.4, -0.2) is 0 Å². The molecule has 0 aromatic carbocycles. The molecule has 0 spiro atoms. The van der Waals surface area contributed by atoms with Crippen LogP contribution in [0.4, 0.5) is 0 Å². The fourth-order valence-electron chi connectivity index (χ4n) is 0. The second kappa shape index (κ2) is 63.6. The molecule has 0 saturated carbocycles. The fourth-order valence-corrected chi connectivity index (χ4v) is 0. The predicted molar refractivity (Wildman–Crippen MR) is 81.1 cm³/mol. The molecule has 112 valence electrons. The maximum Gasteiger partial charge on any atom is 4.00 e. The van der Waals surface area contributed by atoms with E-state index >= 15 is 0 Å². The van der Waals surface area contributed by atoms with Gasteiger partial charge in [0.15, 0.2) is 0 Å². The first-order valence-electron chi connectivity index (χ1n) is 6.83. The Bertz CT molecular complexity index is 35.1. The Morgan fingerprint density at radius 2 is 0.556 bits per heavy atom. The van der Waals surface area contributed by atoms with Gasteiger partial charge in [-0.3, -0.25) is 0 Å². The van der Waals surface area contributed by atoms with Crippen molar-refractivity contribution in [2.75, 3.05) is 0 Å². The van der Waals surface area contributed by atoms with Crippen LogP contribution in [0, 0.1) is 27.7 Å². The summed E-state index contributed by atoms with van der Waals surface area (Å²) in [6, 6.07) is 0. The van der Waals surface area contributed by atoms with Gasteiger partial charge < -0.3 is 44.7 Å². The molecule has 0 amide bonds. The third-order valence-corrected chi connectivity index (χ3v) is 1.41. The van der Waals surface area contributed by atoms with Gasteiger partial charge in [-0.05, 0) is 0 Å². The number of unbranched alkanes of at least 4 members (excludes halogenated alkanes) is 4. The Balaban J connectivity index is -0.0000000257. The van der Waals surface area contributed by atoms with E-state index in [1.165, 1.54) is 25.7 Å². The summed E-state index contributed by atoms with van der Waals surface area (Å²) in [6.45, 7) is 22.9. The van der Waals surface area contributed by atoms with Gasteiger partial charge >= 0.3 is 21.7 Å². The molecule has 0 aromatic heterocycles. The van der Waals surface area contributed by atoms with Crippen molar-refractivity contribution in [1.29, 1.82) is 0 Å². The largest absolute Gasteiger partial charge is 4.00 e. The van der Waals surface area contributed by atoms with Crippen LogP contribution in [0.25, 0.3) is 0 Å². The summed E-state index contributed by atoms with van der Waals surface area (Å²) in [5.74, 6) is 0. The van der Waals surface area contributed by atoms with Gasteiger partial charge in [-0.1, -0.05) is 53.4 Å². The van der Waals surface area contributed by atoms with E-state index in [2.05, 4.69) is 55.4 Å². The number of halogens is 1. The van der Waals surface area contributed by atoms with Crippen molar-refractivity contribution < 1.29 is 38.7 Å². The van der Waals surface area contributed by atoms with E-state index < -0.39 is 0 Å². The standard InChI is InChI=1S/4C4H9.BrH.Ti/c4*1-3-4-2;;/h4*1,3-4H2,2H3;1H;/q4*-1;;+4/p-1. The van der Waals surface area contributed by atoms with Crippen molar-refractivity contribution in [2.24, 2.45) is 0 Å². The van der Waals surface area contributed by atoms with E-state index in [-0.39, 0.29) is 38.7 Å². The third kappa shape index (κ3) is 167. The molecule has 0 rings (SSSR count). The first kappa shape index (κ1) is 36.5. The van der Waals surface area contributed by atoms with Gasteiger partial charge in [0.25, 0.3) is 0 Å². The van der Waals surface area contributed by atoms with E-state index in [1.54, 1.807) is 0 Å². The van der Waals surface area contributed by atoms with Gasteiger partial charge in [-0.25, -0.2) is 0 Å². The molecule has 0 radical (unpaired) electrons. The Morgan fingerprint density at radius 1 is 0.500 bits per heavy atom. The van der Waals surface area contributed by atoms with E-state index in [9.17, 15) is 0 Å². The molecule has 0 fully saturated rings. The zero-order valence-electron chi connectivity index (χ0n) is 13.4. The minimum atomic E-state index is 0. The van der Waals surface area contributed by atoms with E-state index in [1.807, 2.05) is 0 Å². The number of hydrogen-bond donors (Lipinski definition) is 0. The molecule has 0 saturated heterocycles. The molecule has 2 heteroatoms. The summed E-state index contributed by atoms with van der Waals surface area (Å²) in [5, 5.41) is 0. The van der Waals surface area contributed by atoms with Gasteiger partial charge in [0.1, 0.15) is 0 Å². The average molecular weight is 356 g/mol. The van der Waals surface area contributed by atoms with Crippen LogP contribution in [0.1, 0.15) is 79.1 Å². The SMILES string of the molecule is [Br-].[CH2-]CCC.[CH2-]CCC.[CH2-]CCC.[CH2-]CCC.[Ti+4]. The minimum Gasteiger partial charge on any atom is -1.00 e. The Kier molecular flexibility index (Phi) is 129. The van der Waals surface area contributed by atoms with Crippen molar-refractivity contribution in [3.05, 3.63) is 27.7 Å². The molecule has 0 aliphatic carbocycles. The molecule has 0 aliphatic rings. The maximum atomic E-state index is 3.60. The molecule has 0 N–H and O–H groups in total. The van der Waals surface area contributed by atoms with Crippen molar-refractivity contribution in [3.63, 3.8) is 0 Å². The molecule has 0 unspecified atom stereocenters. The summed E-state index contributed by atoms with van der Waals surface area (Å²) in [5.41, 5.74) is 0. The third-order valence-electron chi connectivity index (χ3n) is 1.41. The Hall–Kier alpha value is 1.19. The normalized spacial score (nSPS) is 6.67. The van der Waals surface area contributed by atoms with Gasteiger partial charge in [0.05, 0.1) is 0 Å². The van der Waals surface area contributed by atoms with Crippen LogP contribution < -0.4 is 17.0 Å². The maximum absolute atomic E-state index is 3.60. The van der Waals surface area contributed by atoms with Crippen LogP contribution >= 0.6 is 0 Å². The topological polar surface area (TPSA) is 0 Å². The summed E-state index contributed by atoms with van der Waals surface area (Å²) < 4.78 is 0. The second-order valence-electron chi connectivity index (χ2n) is 3.41. The minimum absolute atomic E-state index is 0. The fraction of sp³-hybridized carbons (Fsp3) is 0.750.